The van der Waals surface area contributed by atoms with Crippen molar-refractivity contribution in [2.24, 2.45) is 11.8 Å². The topological polar surface area (TPSA) is 89.9 Å². The molecule has 6 heteroatoms. The Bertz CT molecular complexity index is 660. The molecule has 1 saturated heterocycles. The fourth-order valence-electron chi connectivity index (χ4n) is 4.28. The van der Waals surface area contributed by atoms with E-state index in [4.69, 9.17) is 14.6 Å². The number of carboxylic acids is 1. The van der Waals surface area contributed by atoms with E-state index < -0.39 is 18.4 Å². The van der Waals surface area contributed by atoms with Crippen molar-refractivity contribution in [3.63, 3.8) is 0 Å². The Kier molecular flexibility index (Phi) is 8.62. The second kappa shape index (κ2) is 10.7. The van der Waals surface area contributed by atoms with Gasteiger partial charge in [-0.05, 0) is 77.2 Å². The van der Waals surface area contributed by atoms with Crippen molar-refractivity contribution < 1.29 is 29.0 Å². The first-order valence-electron chi connectivity index (χ1n) is 10.6. The van der Waals surface area contributed by atoms with Crippen LogP contribution in [0.1, 0.15) is 72.1 Å². The zero-order chi connectivity index (χ0) is 21.4. The Labute approximate surface area is 173 Å². The number of ether oxygens (including phenoxy) is 2. The molecule has 0 radical (unpaired) electrons. The number of carbonyl (C=O) groups is 3. The van der Waals surface area contributed by atoms with Crippen LogP contribution >= 0.6 is 0 Å². The maximum Gasteiger partial charge on any atom is 0.317 e. The highest BCUT2D eigenvalue weighted by atomic mass is 16.5. The van der Waals surface area contributed by atoms with Gasteiger partial charge < -0.3 is 14.6 Å². The van der Waals surface area contributed by atoms with Crippen molar-refractivity contribution in [1.29, 1.82) is 0 Å². The highest BCUT2D eigenvalue weighted by Crippen LogP contribution is 2.42. The lowest BCUT2D eigenvalue weighted by Gasteiger charge is -2.28. The summed E-state index contributed by atoms with van der Waals surface area (Å²) >= 11 is 0. The lowest BCUT2D eigenvalue weighted by molar-refractivity contribution is -0.153. The third-order valence-electron chi connectivity index (χ3n) is 6.14. The third kappa shape index (κ3) is 7.42. The molecule has 2 rings (SSSR count). The Morgan fingerprint density at radius 3 is 2.69 bits per heavy atom. The summed E-state index contributed by atoms with van der Waals surface area (Å²) in [5.74, 6) is -1.53. The van der Waals surface area contributed by atoms with Crippen molar-refractivity contribution in [3.8, 4) is 0 Å². The fraction of sp³-hybridized carbons (Fsp3) is 0.696. The summed E-state index contributed by atoms with van der Waals surface area (Å²) in [6.07, 6.45) is 10.4. The van der Waals surface area contributed by atoms with Gasteiger partial charge in [0.15, 0.2) is 0 Å². The third-order valence-corrected chi connectivity index (χ3v) is 6.14. The molecule has 0 saturated carbocycles. The SMILES string of the molecule is CC1=CCCC(C=O)=CCCC(COC(=O)CC(=O)O)C2CC(CC1)C(C)(C)O2. The molecule has 1 aliphatic carbocycles. The van der Waals surface area contributed by atoms with E-state index in [1.807, 2.05) is 6.08 Å². The molecule has 2 bridgehead atoms. The lowest BCUT2D eigenvalue weighted by Crippen LogP contribution is -2.31. The van der Waals surface area contributed by atoms with Crippen LogP contribution in [0.25, 0.3) is 0 Å². The standard InChI is InChI=1S/C23H34O6/c1-16-6-4-7-17(14-24)8-5-9-18(15-28-22(27)13-21(25)26)20-12-19(11-10-16)23(2,3)29-20/h6,8,14,18-20H,4-5,7,9-13,15H2,1-3H3,(H,25,26). The largest absolute Gasteiger partial charge is 0.481 e. The molecule has 0 spiro atoms. The molecule has 1 N–H and O–H groups in total. The minimum Gasteiger partial charge on any atom is -0.481 e. The number of esters is 1. The van der Waals surface area contributed by atoms with Crippen molar-refractivity contribution in [1.82, 2.24) is 0 Å². The zero-order valence-corrected chi connectivity index (χ0v) is 17.8. The van der Waals surface area contributed by atoms with Gasteiger partial charge in [-0.25, -0.2) is 0 Å². The number of hydrogen-bond acceptors (Lipinski definition) is 5. The second-order valence-electron chi connectivity index (χ2n) is 8.81. The van der Waals surface area contributed by atoms with Crippen molar-refractivity contribution >= 4 is 18.2 Å². The molecule has 2 aliphatic rings. The quantitative estimate of drug-likeness (QED) is 0.318. The Balaban J connectivity index is 2.15. The van der Waals surface area contributed by atoms with E-state index in [0.717, 1.165) is 50.4 Å². The number of aliphatic carboxylic acids is 1. The first-order chi connectivity index (χ1) is 13.7. The molecule has 0 aromatic carbocycles. The number of rotatable bonds is 5. The molecule has 6 nitrogen and oxygen atoms in total. The van der Waals surface area contributed by atoms with E-state index in [2.05, 4.69) is 26.8 Å². The number of carbonyl (C=O) groups excluding carboxylic acids is 2. The van der Waals surface area contributed by atoms with Crippen LogP contribution in [0, 0.1) is 11.8 Å². The van der Waals surface area contributed by atoms with Crippen molar-refractivity contribution in [3.05, 3.63) is 23.3 Å². The van der Waals surface area contributed by atoms with E-state index >= 15 is 0 Å². The second-order valence-corrected chi connectivity index (χ2v) is 8.81. The summed E-state index contributed by atoms with van der Waals surface area (Å²) in [5.41, 5.74) is 1.88. The summed E-state index contributed by atoms with van der Waals surface area (Å²) in [6.45, 7) is 6.52. The Morgan fingerprint density at radius 2 is 2.00 bits per heavy atom. The predicted molar refractivity (Wildman–Crippen MR) is 109 cm³/mol. The first kappa shape index (κ1) is 23.3. The molecule has 3 unspecified atom stereocenters. The predicted octanol–water partition coefficient (Wildman–Crippen LogP) is 4.23. The monoisotopic (exact) mass is 406 g/mol. The van der Waals surface area contributed by atoms with Gasteiger partial charge in [-0.15, -0.1) is 0 Å². The maximum absolute atomic E-state index is 11.7. The van der Waals surface area contributed by atoms with Gasteiger partial charge in [-0.1, -0.05) is 17.7 Å². The molecule has 0 amide bonds. The smallest absolute Gasteiger partial charge is 0.317 e. The average Bonchev–Trinajstić information content (AvgIpc) is 2.94. The maximum atomic E-state index is 11.7. The van der Waals surface area contributed by atoms with Gasteiger partial charge in [0.05, 0.1) is 18.3 Å². The molecule has 3 atom stereocenters. The van der Waals surface area contributed by atoms with Crippen LogP contribution in [0.15, 0.2) is 23.3 Å². The van der Waals surface area contributed by atoms with Crippen LogP contribution in [0.3, 0.4) is 0 Å². The number of hydrogen-bond donors (Lipinski definition) is 1. The highest BCUT2D eigenvalue weighted by molar-refractivity contribution is 5.90. The summed E-state index contributed by atoms with van der Waals surface area (Å²) in [7, 11) is 0. The van der Waals surface area contributed by atoms with Gasteiger partial charge in [-0.3, -0.25) is 14.4 Å². The van der Waals surface area contributed by atoms with E-state index in [1.165, 1.54) is 5.57 Å². The summed E-state index contributed by atoms with van der Waals surface area (Å²) in [4.78, 5) is 33.8. The number of aldehydes is 1. The molecular formula is C23H34O6. The van der Waals surface area contributed by atoms with Gasteiger partial charge in [-0.2, -0.15) is 0 Å². The number of carboxylic acid groups (broad SMARTS) is 1. The van der Waals surface area contributed by atoms with Gasteiger partial charge >= 0.3 is 11.9 Å². The zero-order valence-electron chi connectivity index (χ0n) is 17.8. The van der Waals surface area contributed by atoms with Crippen LogP contribution in [0.2, 0.25) is 0 Å². The van der Waals surface area contributed by atoms with Crippen LogP contribution in [0.4, 0.5) is 0 Å². The molecule has 1 heterocycles. The molecule has 1 aliphatic heterocycles. The normalized spacial score (nSPS) is 27.9. The summed E-state index contributed by atoms with van der Waals surface area (Å²) in [5, 5.41) is 8.76. The van der Waals surface area contributed by atoms with Crippen LogP contribution in [0.5, 0.6) is 0 Å². The van der Waals surface area contributed by atoms with Gasteiger partial charge in [0.1, 0.15) is 12.7 Å². The van der Waals surface area contributed by atoms with Crippen molar-refractivity contribution in [2.45, 2.75) is 83.8 Å². The molecular weight excluding hydrogens is 372 g/mol. The van der Waals surface area contributed by atoms with Gasteiger partial charge in [0.25, 0.3) is 0 Å². The fourth-order valence-corrected chi connectivity index (χ4v) is 4.28. The van der Waals surface area contributed by atoms with Crippen molar-refractivity contribution in [2.75, 3.05) is 6.61 Å². The lowest BCUT2D eigenvalue weighted by atomic mass is 9.82. The van der Waals surface area contributed by atoms with E-state index in [9.17, 15) is 14.4 Å². The average molecular weight is 407 g/mol. The van der Waals surface area contributed by atoms with E-state index in [1.54, 1.807) is 0 Å². The van der Waals surface area contributed by atoms with Gasteiger partial charge in [0, 0.05) is 5.92 Å². The molecule has 0 aromatic rings. The molecule has 162 valence electrons. The minimum absolute atomic E-state index is 0.0271. The van der Waals surface area contributed by atoms with E-state index in [0.29, 0.717) is 12.3 Å². The minimum atomic E-state index is -1.19. The molecule has 1 fully saturated rings. The van der Waals surface area contributed by atoms with Crippen LogP contribution < -0.4 is 0 Å². The summed E-state index contributed by atoms with van der Waals surface area (Å²) < 4.78 is 11.6. The number of fused-ring (bicyclic) bond motifs is 2. The first-order valence-corrected chi connectivity index (χ1v) is 10.6. The Morgan fingerprint density at radius 1 is 1.24 bits per heavy atom. The Hall–Kier alpha value is -1.95. The molecule has 0 aromatic heterocycles. The van der Waals surface area contributed by atoms with E-state index in [-0.39, 0.29) is 24.2 Å². The number of allylic oxidation sites excluding steroid dienone is 4. The van der Waals surface area contributed by atoms with Crippen LogP contribution in [-0.2, 0) is 23.9 Å². The van der Waals surface area contributed by atoms with Crippen LogP contribution in [-0.4, -0.2) is 41.6 Å². The highest BCUT2D eigenvalue weighted by Gasteiger charge is 2.44. The van der Waals surface area contributed by atoms with Gasteiger partial charge in [0.2, 0.25) is 0 Å². The molecule has 29 heavy (non-hydrogen) atoms. The summed E-state index contributed by atoms with van der Waals surface area (Å²) in [6, 6.07) is 0.